The van der Waals surface area contributed by atoms with Crippen LogP contribution in [-0.4, -0.2) is 31.5 Å². The standard InChI is InChI=1S/C17H18N4O4/c1-9-14(17(22)21-20-9)15(11(7-18)8-19)10-5-12(23-2)16(25-4)13(6-10)24-3/h5-6,11,15H,1-4H3,(H2,20,21,22)/t15-/m0/s1. The Morgan fingerprint density at radius 1 is 1.00 bits per heavy atom. The molecule has 2 aromatic rings. The van der Waals surface area contributed by atoms with Gasteiger partial charge in [-0.2, -0.15) is 10.5 Å². The number of nitrogens with one attached hydrogen (secondary N) is 2. The van der Waals surface area contributed by atoms with E-state index < -0.39 is 11.8 Å². The van der Waals surface area contributed by atoms with Crippen LogP contribution < -0.4 is 19.8 Å². The van der Waals surface area contributed by atoms with Gasteiger partial charge in [0.1, 0.15) is 5.92 Å². The number of aromatic amines is 2. The van der Waals surface area contributed by atoms with Crippen molar-refractivity contribution < 1.29 is 14.2 Å². The maximum absolute atomic E-state index is 12.2. The Labute approximate surface area is 144 Å². The van der Waals surface area contributed by atoms with Crippen molar-refractivity contribution in [2.45, 2.75) is 12.8 Å². The van der Waals surface area contributed by atoms with E-state index in [0.29, 0.717) is 34.1 Å². The zero-order valence-electron chi connectivity index (χ0n) is 14.3. The Morgan fingerprint density at radius 2 is 1.56 bits per heavy atom. The molecule has 0 amide bonds. The van der Waals surface area contributed by atoms with Gasteiger partial charge in [0.2, 0.25) is 5.75 Å². The summed E-state index contributed by atoms with van der Waals surface area (Å²) in [4.78, 5) is 12.2. The van der Waals surface area contributed by atoms with Crippen molar-refractivity contribution in [1.29, 1.82) is 10.5 Å². The number of methoxy groups -OCH3 is 3. The first-order valence-corrected chi connectivity index (χ1v) is 7.38. The number of hydrogen-bond donors (Lipinski definition) is 2. The number of nitrogens with zero attached hydrogens (tertiary/aromatic N) is 2. The van der Waals surface area contributed by atoms with Gasteiger partial charge in [0, 0.05) is 17.2 Å². The Morgan fingerprint density at radius 3 is 1.92 bits per heavy atom. The van der Waals surface area contributed by atoms with Crippen LogP contribution in [0.25, 0.3) is 0 Å². The highest BCUT2D eigenvalue weighted by atomic mass is 16.5. The molecule has 8 heteroatoms. The zero-order valence-corrected chi connectivity index (χ0v) is 14.3. The van der Waals surface area contributed by atoms with Crippen LogP contribution in [0.3, 0.4) is 0 Å². The summed E-state index contributed by atoms with van der Waals surface area (Å²) in [5.41, 5.74) is 1.03. The van der Waals surface area contributed by atoms with E-state index >= 15 is 0 Å². The topological polar surface area (TPSA) is 124 Å². The lowest BCUT2D eigenvalue weighted by molar-refractivity contribution is 0.323. The molecule has 2 rings (SSSR count). The lowest BCUT2D eigenvalue weighted by Gasteiger charge is -2.20. The summed E-state index contributed by atoms with van der Waals surface area (Å²) in [5, 5.41) is 24.0. The fraction of sp³-hybridized carbons (Fsp3) is 0.353. The molecule has 1 aromatic carbocycles. The number of H-pyrrole nitrogens is 2. The van der Waals surface area contributed by atoms with Crippen molar-refractivity contribution in [1.82, 2.24) is 10.2 Å². The zero-order chi connectivity index (χ0) is 18.6. The van der Waals surface area contributed by atoms with E-state index in [1.807, 2.05) is 12.1 Å². The number of hydrogen-bond acceptors (Lipinski definition) is 6. The Hall–Kier alpha value is -3.39. The minimum Gasteiger partial charge on any atom is -0.493 e. The predicted molar refractivity (Wildman–Crippen MR) is 88.8 cm³/mol. The number of aromatic nitrogens is 2. The molecule has 8 nitrogen and oxygen atoms in total. The van der Waals surface area contributed by atoms with E-state index in [1.54, 1.807) is 19.1 Å². The third-order valence-corrected chi connectivity index (χ3v) is 3.98. The van der Waals surface area contributed by atoms with Crippen LogP contribution >= 0.6 is 0 Å². The van der Waals surface area contributed by atoms with Crippen LogP contribution in [0, 0.1) is 35.5 Å². The van der Waals surface area contributed by atoms with Gasteiger partial charge in [0.05, 0.1) is 33.5 Å². The van der Waals surface area contributed by atoms with Crippen LogP contribution in [0.2, 0.25) is 0 Å². The number of rotatable bonds is 6. The van der Waals surface area contributed by atoms with E-state index in [9.17, 15) is 15.3 Å². The molecule has 0 saturated carbocycles. The summed E-state index contributed by atoms with van der Waals surface area (Å²) in [7, 11) is 4.42. The molecule has 1 heterocycles. The van der Waals surface area contributed by atoms with E-state index in [1.165, 1.54) is 21.3 Å². The molecule has 0 aliphatic rings. The van der Waals surface area contributed by atoms with Crippen molar-refractivity contribution in [2.75, 3.05) is 21.3 Å². The molecule has 2 N–H and O–H groups in total. The van der Waals surface area contributed by atoms with Crippen LogP contribution in [-0.2, 0) is 0 Å². The number of aryl methyl sites for hydroxylation is 1. The maximum atomic E-state index is 12.2. The van der Waals surface area contributed by atoms with Crippen molar-refractivity contribution in [3.63, 3.8) is 0 Å². The van der Waals surface area contributed by atoms with E-state index in [4.69, 9.17) is 14.2 Å². The summed E-state index contributed by atoms with van der Waals surface area (Å²) in [6.07, 6.45) is 0. The average Bonchev–Trinajstić information content (AvgIpc) is 2.96. The highest BCUT2D eigenvalue weighted by Crippen LogP contribution is 2.42. The molecule has 0 fully saturated rings. The summed E-state index contributed by atoms with van der Waals surface area (Å²) in [6, 6.07) is 7.19. The molecule has 0 bridgehead atoms. The fourth-order valence-corrected chi connectivity index (χ4v) is 2.81. The molecular formula is C17H18N4O4. The van der Waals surface area contributed by atoms with Crippen molar-refractivity contribution in [2.24, 2.45) is 5.92 Å². The minimum absolute atomic E-state index is 0.322. The summed E-state index contributed by atoms with van der Waals surface area (Å²) in [5.74, 6) is -0.711. The highest BCUT2D eigenvalue weighted by Gasteiger charge is 2.31. The molecule has 0 saturated heterocycles. The van der Waals surface area contributed by atoms with Gasteiger partial charge in [0.15, 0.2) is 11.5 Å². The van der Waals surface area contributed by atoms with Crippen LogP contribution in [0.4, 0.5) is 0 Å². The first-order chi connectivity index (χ1) is 12.0. The minimum atomic E-state index is -1.07. The van der Waals surface area contributed by atoms with E-state index in [-0.39, 0.29) is 5.56 Å². The van der Waals surface area contributed by atoms with Crippen molar-refractivity contribution >= 4 is 0 Å². The molecule has 0 aliphatic heterocycles. The molecular weight excluding hydrogens is 324 g/mol. The highest BCUT2D eigenvalue weighted by molar-refractivity contribution is 5.56. The molecule has 0 spiro atoms. The fourth-order valence-electron chi connectivity index (χ4n) is 2.81. The molecule has 1 atom stereocenters. The monoisotopic (exact) mass is 342 g/mol. The number of benzene rings is 1. The third-order valence-electron chi connectivity index (χ3n) is 3.98. The Balaban J connectivity index is 2.78. The normalized spacial score (nSPS) is 11.5. The van der Waals surface area contributed by atoms with Gasteiger partial charge < -0.3 is 19.3 Å². The van der Waals surface area contributed by atoms with Gasteiger partial charge in [-0.25, -0.2) is 0 Å². The number of ether oxygens (including phenoxy) is 3. The van der Waals surface area contributed by atoms with Gasteiger partial charge in [-0.1, -0.05) is 0 Å². The third kappa shape index (κ3) is 3.15. The molecule has 25 heavy (non-hydrogen) atoms. The van der Waals surface area contributed by atoms with Crippen LogP contribution in [0.15, 0.2) is 16.9 Å². The molecule has 1 aromatic heterocycles. The lowest BCUT2D eigenvalue weighted by atomic mass is 9.82. The second-order valence-corrected chi connectivity index (χ2v) is 5.29. The summed E-state index contributed by atoms with van der Waals surface area (Å²) < 4.78 is 15.9. The number of nitriles is 2. The van der Waals surface area contributed by atoms with Crippen LogP contribution in [0.5, 0.6) is 17.2 Å². The van der Waals surface area contributed by atoms with Crippen molar-refractivity contribution in [3.05, 3.63) is 39.3 Å². The van der Waals surface area contributed by atoms with Gasteiger partial charge in [-0.3, -0.25) is 9.89 Å². The SMILES string of the molecule is COc1cc([C@H](c2c(C)[nH][nH]c2=O)C(C#N)C#N)cc(OC)c1OC. The van der Waals surface area contributed by atoms with Gasteiger partial charge in [-0.05, 0) is 24.6 Å². The first-order valence-electron chi connectivity index (χ1n) is 7.38. The van der Waals surface area contributed by atoms with Gasteiger partial charge >= 0.3 is 0 Å². The predicted octanol–water partition coefficient (Wildman–Crippen LogP) is 1.83. The van der Waals surface area contributed by atoms with E-state index in [0.717, 1.165) is 0 Å². The second-order valence-electron chi connectivity index (χ2n) is 5.29. The maximum Gasteiger partial charge on any atom is 0.268 e. The second kappa shape index (κ2) is 7.45. The average molecular weight is 342 g/mol. The molecule has 0 aliphatic carbocycles. The largest absolute Gasteiger partial charge is 0.493 e. The Kier molecular flexibility index (Phi) is 5.35. The van der Waals surface area contributed by atoms with Gasteiger partial charge in [-0.15, -0.1) is 0 Å². The smallest absolute Gasteiger partial charge is 0.268 e. The first kappa shape index (κ1) is 18.0. The van der Waals surface area contributed by atoms with Crippen molar-refractivity contribution in [3.8, 4) is 29.4 Å². The molecule has 0 radical (unpaired) electrons. The molecule has 0 unspecified atom stereocenters. The Bertz CT molecular complexity index is 862. The van der Waals surface area contributed by atoms with E-state index in [2.05, 4.69) is 10.2 Å². The quantitative estimate of drug-likeness (QED) is 0.825. The van der Waals surface area contributed by atoms with Crippen LogP contribution in [0.1, 0.15) is 22.7 Å². The van der Waals surface area contributed by atoms with Gasteiger partial charge in [0.25, 0.3) is 5.56 Å². The summed E-state index contributed by atoms with van der Waals surface area (Å²) in [6.45, 7) is 1.70. The summed E-state index contributed by atoms with van der Waals surface area (Å²) >= 11 is 0. The lowest BCUT2D eigenvalue weighted by Crippen LogP contribution is -2.19. The molecule has 130 valence electrons.